The normalized spacial score (nSPS) is 15.5. The Morgan fingerprint density at radius 2 is 2.03 bits per heavy atom. The SMILES string of the molecule is CCOc1cccc(C2C(C(=O)c3ccco3)=C(O)C(=O)N2c2nnc(SCc3ccccc3F)s2)c1. The highest BCUT2D eigenvalue weighted by Crippen LogP contribution is 2.44. The Morgan fingerprint density at radius 3 is 2.78 bits per heavy atom. The van der Waals surface area contributed by atoms with Crippen molar-refractivity contribution in [3.05, 3.63) is 101 Å². The van der Waals surface area contributed by atoms with Gasteiger partial charge in [0.05, 0.1) is 24.5 Å². The molecular formula is C26H20FN3O5S2. The van der Waals surface area contributed by atoms with E-state index in [1.54, 1.807) is 48.5 Å². The molecule has 0 saturated carbocycles. The van der Waals surface area contributed by atoms with Crippen molar-refractivity contribution in [3.8, 4) is 5.75 Å². The van der Waals surface area contributed by atoms with Crippen molar-refractivity contribution in [2.45, 2.75) is 23.1 Å². The molecule has 4 aromatic rings. The number of carbonyl (C=O) groups excluding carboxylic acids is 2. The Bertz CT molecular complexity index is 1480. The van der Waals surface area contributed by atoms with Gasteiger partial charge in [-0.05, 0) is 48.4 Å². The second kappa shape index (κ2) is 10.6. The first kappa shape index (κ1) is 24.7. The number of thioether (sulfide) groups is 1. The van der Waals surface area contributed by atoms with Crippen LogP contribution < -0.4 is 9.64 Å². The molecule has 1 aliphatic rings. The summed E-state index contributed by atoms with van der Waals surface area (Å²) >= 11 is 2.37. The van der Waals surface area contributed by atoms with Crippen LogP contribution in [0.4, 0.5) is 9.52 Å². The van der Waals surface area contributed by atoms with E-state index < -0.39 is 23.5 Å². The molecule has 1 amide bonds. The topological polar surface area (TPSA) is 106 Å². The molecule has 1 N–H and O–H groups in total. The first-order valence-corrected chi connectivity index (χ1v) is 13.1. The number of amides is 1. The van der Waals surface area contributed by atoms with Crippen molar-refractivity contribution >= 4 is 39.9 Å². The molecule has 3 heterocycles. The highest BCUT2D eigenvalue weighted by molar-refractivity contribution is 8.00. The van der Waals surface area contributed by atoms with Crippen molar-refractivity contribution < 1.29 is 28.2 Å². The summed E-state index contributed by atoms with van der Waals surface area (Å²) in [7, 11) is 0. The quantitative estimate of drug-likeness (QED) is 0.164. The van der Waals surface area contributed by atoms with Crippen molar-refractivity contribution in [3.63, 3.8) is 0 Å². The Balaban J connectivity index is 1.51. The van der Waals surface area contributed by atoms with Gasteiger partial charge in [0.25, 0.3) is 5.91 Å². The van der Waals surface area contributed by atoms with Crippen LogP contribution in [0.2, 0.25) is 0 Å². The summed E-state index contributed by atoms with van der Waals surface area (Å²) in [5.41, 5.74) is 0.913. The number of ether oxygens (including phenoxy) is 1. The molecule has 0 radical (unpaired) electrons. The zero-order chi connectivity index (χ0) is 25.9. The summed E-state index contributed by atoms with van der Waals surface area (Å²) in [6, 6.07) is 15.4. The van der Waals surface area contributed by atoms with Gasteiger partial charge in [0.15, 0.2) is 15.9 Å². The molecule has 0 bridgehead atoms. The number of aromatic nitrogens is 2. The van der Waals surface area contributed by atoms with E-state index in [0.29, 0.717) is 33.6 Å². The number of benzene rings is 2. The number of hydrogen-bond acceptors (Lipinski definition) is 9. The van der Waals surface area contributed by atoms with Crippen molar-refractivity contribution in [1.82, 2.24) is 10.2 Å². The molecule has 5 rings (SSSR count). The van der Waals surface area contributed by atoms with Crippen molar-refractivity contribution in [2.24, 2.45) is 0 Å². The maximum atomic E-state index is 14.0. The molecule has 0 fully saturated rings. The number of nitrogens with zero attached hydrogens (tertiary/aromatic N) is 3. The average Bonchev–Trinajstić information content (AvgIpc) is 3.65. The summed E-state index contributed by atoms with van der Waals surface area (Å²) in [6.07, 6.45) is 1.34. The second-order valence-electron chi connectivity index (χ2n) is 7.88. The van der Waals surface area contributed by atoms with Gasteiger partial charge in [0.1, 0.15) is 11.6 Å². The van der Waals surface area contributed by atoms with E-state index in [4.69, 9.17) is 9.15 Å². The van der Waals surface area contributed by atoms with E-state index >= 15 is 0 Å². The fourth-order valence-corrected chi connectivity index (χ4v) is 5.80. The number of halogens is 1. The molecule has 2 aromatic carbocycles. The van der Waals surface area contributed by atoms with Crippen LogP contribution >= 0.6 is 23.1 Å². The third-order valence-corrected chi connectivity index (χ3v) is 7.70. The van der Waals surface area contributed by atoms with Gasteiger partial charge < -0.3 is 14.3 Å². The number of anilines is 1. The maximum absolute atomic E-state index is 14.0. The fraction of sp³-hybridized carbons (Fsp3) is 0.154. The average molecular weight is 538 g/mol. The van der Waals surface area contributed by atoms with E-state index in [0.717, 1.165) is 11.3 Å². The van der Waals surface area contributed by atoms with Crippen LogP contribution in [0.3, 0.4) is 0 Å². The minimum absolute atomic E-state index is 0.0134. The Kier molecular flexibility index (Phi) is 7.06. The van der Waals surface area contributed by atoms with Crippen LogP contribution in [0, 0.1) is 5.82 Å². The highest BCUT2D eigenvalue weighted by Gasteiger charge is 2.46. The number of Topliss-reactive ketones (excluding diaryl/α,β-unsaturated/α-hetero) is 1. The van der Waals surface area contributed by atoms with Crippen molar-refractivity contribution in [1.29, 1.82) is 0 Å². The van der Waals surface area contributed by atoms with Crippen LogP contribution in [0.25, 0.3) is 0 Å². The minimum Gasteiger partial charge on any atom is -0.503 e. The van der Waals surface area contributed by atoms with Crippen LogP contribution in [0.15, 0.2) is 87.0 Å². The van der Waals surface area contributed by atoms with E-state index in [1.807, 2.05) is 6.92 Å². The molecule has 188 valence electrons. The van der Waals surface area contributed by atoms with Gasteiger partial charge in [0, 0.05) is 5.75 Å². The Labute approximate surface area is 219 Å². The number of aliphatic hydroxyl groups excluding tert-OH is 1. The van der Waals surface area contributed by atoms with Crippen molar-refractivity contribution in [2.75, 3.05) is 11.5 Å². The third kappa shape index (κ3) is 4.87. The van der Waals surface area contributed by atoms with Gasteiger partial charge in [0.2, 0.25) is 10.9 Å². The number of aliphatic hydroxyl groups is 1. The smallest absolute Gasteiger partial charge is 0.296 e. The van der Waals surface area contributed by atoms with Crippen LogP contribution in [0.5, 0.6) is 5.75 Å². The van der Waals surface area contributed by atoms with Crippen LogP contribution in [-0.2, 0) is 10.5 Å². The van der Waals surface area contributed by atoms with E-state index in [2.05, 4.69) is 10.2 Å². The van der Waals surface area contributed by atoms with Gasteiger partial charge in [-0.25, -0.2) is 4.39 Å². The summed E-state index contributed by atoms with van der Waals surface area (Å²) in [4.78, 5) is 27.9. The van der Waals surface area contributed by atoms with E-state index in [9.17, 15) is 19.1 Å². The zero-order valence-electron chi connectivity index (χ0n) is 19.5. The highest BCUT2D eigenvalue weighted by atomic mass is 32.2. The summed E-state index contributed by atoms with van der Waals surface area (Å²) < 4.78 is 25.4. The lowest BCUT2D eigenvalue weighted by Gasteiger charge is -2.24. The number of hydrogen-bond donors (Lipinski definition) is 1. The zero-order valence-corrected chi connectivity index (χ0v) is 21.1. The first-order valence-electron chi connectivity index (χ1n) is 11.2. The molecule has 1 unspecified atom stereocenters. The minimum atomic E-state index is -0.997. The summed E-state index contributed by atoms with van der Waals surface area (Å²) in [5.74, 6) is -1.57. The van der Waals surface area contributed by atoms with Gasteiger partial charge in [-0.15, -0.1) is 10.2 Å². The number of furan rings is 1. The molecule has 1 aliphatic heterocycles. The van der Waals surface area contributed by atoms with Gasteiger partial charge in [-0.2, -0.15) is 0 Å². The number of carbonyl (C=O) groups is 2. The lowest BCUT2D eigenvalue weighted by molar-refractivity contribution is -0.117. The number of rotatable bonds is 9. The molecule has 1 atom stereocenters. The molecule has 2 aromatic heterocycles. The van der Waals surface area contributed by atoms with E-state index in [1.165, 1.54) is 35.1 Å². The fourth-order valence-electron chi connectivity index (χ4n) is 3.94. The molecule has 0 spiro atoms. The van der Waals surface area contributed by atoms with Crippen LogP contribution in [0.1, 0.15) is 34.6 Å². The predicted molar refractivity (Wildman–Crippen MR) is 136 cm³/mol. The molecule has 11 heteroatoms. The molecule has 37 heavy (non-hydrogen) atoms. The third-order valence-electron chi connectivity index (χ3n) is 5.59. The largest absolute Gasteiger partial charge is 0.503 e. The maximum Gasteiger partial charge on any atom is 0.296 e. The van der Waals surface area contributed by atoms with Gasteiger partial charge in [-0.3, -0.25) is 14.5 Å². The lowest BCUT2D eigenvalue weighted by atomic mass is 9.95. The monoisotopic (exact) mass is 537 g/mol. The molecular weight excluding hydrogens is 517 g/mol. The van der Waals surface area contributed by atoms with Crippen LogP contribution in [-0.4, -0.2) is 33.6 Å². The summed E-state index contributed by atoms with van der Waals surface area (Å²) in [5, 5.41) is 19.3. The molecule has 0 saturated heterocycles. The first-order chi connectivity index (χ1) is 18.0. The number of ketones is 1. The van der Waals surface area contributed by atoms with Gasteiger partial charge >= 0.3 is 0 Å². The Hall–Kier alpha value is -3.96. The van der Waals surface area contributed by atoms with Gasteiger partial charge in [-0.1, -0.05) is 53.4 Å². The molecule has 0 aliphatic carbocycles. The summed E-state index contributed by atoms with van der Waals surface area (Å²) in [6.45, 7) is 2.27. The lowest BCUT2D eigenvalue weighted by Crippen LogP contribution is -2.31. The standard InChI is InChI=1S/C26H20FN3O5S2/c1-2-34-17-9-5-8-15(13-17)21-20(22(31)19-11-6-12-35-19)23(32)24(33)30(21)25-28-29-26(37-25)36-14-16-7-3-4-10-18(16)27/h3-13,21,32H,2,14H2,1H3. The predicted octanol–water partition coefficient (Wildman–Crippen LogP) is 5.74. The Morgan fingerprint density at radius 1 is 1.19 bits per heavy atom. The molecule has 8 nitrogen and oxygen atoms in total. The second-order valence-corrected chi connectivity index (χ2v) is 10.1. The van der Waals surface area contributed by atoms with E-state index in [-0.39, 0.29) is 22.3 Å².